The van der Waals surface area contributed by atoms with Crippen LogP contribution in [0.2, 0.25) is 0 Å². The Morgan fingerprint density at radius 2 is 1.96 bits per heavy atom. The lowest BCUT2D eigenvalue weighted by molar-refractivity contribution is -0.132. The van der Waals surface area contributed by atoms with Crippen LogP contribution >= 0.6 is 0 Å². The summed E-state index contributed by atoms with van der Waals surface area (Å²) in [5, 5.41) is 10.1. The first-order chi connectivity index (χ1) is 11.6. The third-order valence-electron chi connectivity index (χ3n) is 4.02. The summed E-state index contributed by atoms with van der Waals surface area (Å²) in [4.78, 5) is 28.1. The van der Waals surface area contributed by atoms with E-state index in [2.05, 4.69) is 20.5 Å². The third-order valence-corrected chi connectivity index (χ3v) is 4.02. The van der Waals surface area contributed by atoms with Crippen molar-refractivity contribution in [2.75, 3.05) is 0 Å². The molecule has 2 heterocycles. The predicted octanol–water partition coefficient (Wildman–Crippen LogP) is 2.39. The van der Waals surface area contributed by atoms with E-state index in [4.69, 9.17) is 0 Å². The highest BCUT2D eigenvalue weighted by molar-refractivity contribution is 6.03. The van der Waals surface area contributed by atoms with Crippen LogP contribution in [0.1, 0.15) is 19.4 Å². The summed E-state index contributed by atoms with van der Waals surface area (Å²) in [5.41, 5.74) is 3.18. The Bertz CT molecular complexity index is 819. The number of benzene rings is 1. The Hall–Kier alpha value is -3.09. The molecular formula is C17H17N5O2. The van der Waals surface area contributed by atoms with Crippen molar-refractivity contribution < 1.29 is 9.59 Å². The number of carbonyl (C=O) groups is 2. The molecule has 3 rings (SSSR count). The van der Waals surface area contributed by atoms with E-state index >= 15 is 0 Å². The van der Waals surface area contributed by atoms with Crippen molar-refractivity contribution in [3.05, 3.63) is 59.8 Å². The molecule has 24 heavy (non-hydrogen) atoms. The van der Waals surface area contributed by atoms with Gasteiger partial charge in [-0.25, -0.2) is 4.98 Å². The number of rotatable bonds is 4. The van der Waals surface area contributed by atoms with Gasteiger partial charge in [-0.2, -0.15) is 5.11 Å². The van der Waals surface area contributed by atoms with Crippen LogP contribution in [0.15, 0.2) is 64.5 Å². The average Bonchev–Trinajstić information content (AvgIpc) is 3.12. The molecule has 1 atom stereocenters. The number of amides is 2. The normalized spacial score (nSPS) is 17.2. The Morgan fingerprint density at radius 1 is 1.21 bits per heavy atom. The smallest absolute Gasteiger partial charge is 0.281 e. The Balaban J connectivity index is 1.64. The molecule has 1 aliphatic heterocycles. The molecule has 2 amide bonds. The maximum atomic E-state index is 12.3. The number of carbonyl (C=O) groups excluding carboxylic acids is 2. The second-order valence-electron chi connectivity index (χ2n) is 5.59. The molecule has 1 aromatic heterocycles. The monoisotopic (exact) mass is 323 g/mol. The minimum atomic E-state index is -0.882. The molecule has 0 spiro atoms. The van der Waals surface area contributed by atoms with Gasteiger partial charge in [0.15, 0.2) is 0 Å². The number of azo groups is 1. The maximum absolute atomic E-state index is 12.3. The Labute approximate surface area is 139 Å². The summed E-state index contributed by atoms with van der Waals surface area (Å²) >= 11 is 0. The molecule has 0 fully saturated rings. The van der Waals surface area contributed by atoms with Crippen molar-refractivity contribution in [3.63, 3.8) is 0 Å². The lowest BCUT2D eigenvalue weighted by atomic mass is 9.96. The molecule has 2 aromatic rings. The summed E-state index contributed by atoms with van der Waals surface area (Å²) in [6, 6.07) is 7.73. The zero-order chi connectivity index (χ0) is 17.1. The van der Waals surface area contributed by atoms with Gasteiger partial charge in [0.25, 0.3) is 5.91 Å². The maximum Gasteiger partial charge on any atom is 0.281 e. The van der Waals surface area contributed by atoms with Crippen LogP contribution in [0.5, 0.6) is 0 Å². The molecule has 0 radical (unpaired) electrons. The molecule has 1 N–H and O–H groups in total. The van der Waals surface area contributed by atoms with E-state index < -0.39 is 11.8 Å². The first kappa shape index (κ1) is 15.8. The Kier molecular flexibility index (Phi) is 4.33. The van der Waals surface area contributed by atoms with Gasteiger partial charge in [-0.15, -0.1) is 5.11 Å². The molecule has 1 aromatic carbocycles. The lowest BCUT2D eigenvalue weighted by Gasteiger charge is -2.17. The summed E-state index contributed by atoms with van der Waals surface area (Å²) in [6.07, 6.45) is 5.29. The van der Waals surface area contributed by atoms with Gasteiger partial charge in [-0.1, -0.05) is 12.1 Å². The summed E-state index contributed by atoms with van der Waals surface area (Å²) < 4.78 is 1.89. The van der Waals surface area contributed by atoms with E-state index in [0.29, 0.717) is 17.8 Å². The van der Waals surface area contributed by atoms with Crippen LogP contribution in [0.25, 0.3) is 5.69 Å². The minimum absolute atomic E-state index is 0.344. The van der Waals surface area contributed by atoms with Crippen molar-refractivity contribution in [1.29, 1.82) is 0 Å². The SMILES string of the molecule is CC1=C(C)C(C(=O)NCc2ccc(-n3ccnc3)cc2)C(=O)N=N1. The summed E-state index contributed by atoms with van der Waals surface area (Å²) in [5.74, 6) is -1.76. The fourth-order valence-corrected chi connectivity index (χ4v) is 2.45. The number of hydrogen-bond acceptors (Lipinski definition) is 4. The van der Waals surface area contributed by atoms with Gasteiger partial charge < -0.3 is 9.88 Å². The molecule has 7 nitrogen and oxygen atoms in total. The van der Waals surface area contributed by atoms with Crippen LogP contribution in [0.4, 0.5) is 0 Å². The third kappa shape index (κ3) is 3.15. The summed E-state index contributed by atoms with van der Waals surface area (Å²) in [7, 11) is 0. The van der Waals surface area contributed by atoms with Gasteiger partial charge in [0.2, 0.25) is 5.91 Å². The molecule has 0 aliphatic carbocycles. The van der Waals surface area contributed by atoms with Crippen LogP contribution in [0, 0.1) is 5.92 Å². The summed E-state index contributed by atoms with van der Waals surface area (Å²) in [6.45, 7) is 3.81. The standard InChI is InChI=1S/C17H17N5O2/c1-11-12(2)20-21-17(24)15(11)16(23)19-9-13-3-5-14(6-4-13)22-8-7-18-10-22/h3-8,10,15H,9H2,1-2H3,(H,19,23). The van der Waals surface area contributed by atoms with E-state index in [-0.39, 0.29) is 5.91 Å². The largest absolute Gasteiger partial charge is 0.351 e. The van der Waals surface area contributed by atoms with Gasteiger partial charge in [-0.05, 0) is 37.1 Å². The highest BCUT2D eigenvalue weighted by Crippen LogP contribution is 2.23. The van der Waals surface area contributed by atoms with Crippen molar-refractivity contribution >= 4 is 11.8 Å². The van der Waals surface area contributed by atoms with Gasteiger partial charge in [0.1, 0.15) is 5.92 Å². The fourth-order valence-electron chi connectivity index (χ4n) is 2.45. The second kappa shape index (κ2) is 6.57. The number of nitrogens with zero attached hydrogens (tertiary/aromatic N) is 4. The van der Waals surface area contributed by atoms with Crippen molar-refractivity contribution in [3.8, 4) is 5.69 Å². The lowest BCUT2D eigenvalue weighted by Crippen LogP contribution is -2.36. The van der Waals surface area contributed by atoms with E-state index in [0.717, 1.165) is 11.3 Å². The molecular weight excluding hydrogens is 306 g/mol. The molecule has 0 saturated heterocycles. The van der Waals surface area contributed by atoms with Crippen molar-refractivity contribution in [1.82, 2.24) is 14.9 Å². The average molecular weight is 323 g/mol. The molecule has 1 aliphatic rings. The van der Waals surface area contributed by atoms with Gasteiger partial charge in [0, 0.05) is 24.6 Å². The topological polar surface area (TPSA) is 88.7 Å². The zero-order valence-corrected chi connectivity index (χ0v) is 13.4. The number of imidazole rings is 1. The molecule has 0 bridgehead atoms. The number of hydrogen-bond donors (Lipinski definition) is 1. The van der Waals surface area contributed by atoms with Gasteiger partial charge in [-0.3, -0.25) is 9.59 Å². The highest BCUT2D eigenvalue weighted by atomic mass is 16.2. The second-order valence-corrected chi connectivity index (χ2v) is 5.59. The molecule has 122 valence electrons. The van der Waals surface area contributed by atoms with Crippen LogP contribution < -0.4 is 5.32 Å². The van der Waals surface area contributed by atoms with E-state index in [1.165, 1.54) is 0 Å². The number of nitrogens with one attached hydrogen (secondary N) is 1. The number of allylic oxidation sites excluding steroid dienone is 1. The predicted molar refractivity (Wildman–Crippen MR) is 87.1 cm³/mol. The number of aromatic nitrogens is 2. The first-order valence-electron chi connectivity index (χ1n) is 7.54. The minimum Gasteiger partial charge on any atom is -0.351 e. The molecule has 1 unspecified atom stereocenters. The van der Waals surface area contributed by atoms with Crippen LogP contribution in [0.3, 0.4) is 0 Å². The van der Waals surface area contributed by atoms with Crippen molar-refractivity contribution in [2.24, 2.45) is 16.1 Å². The highest BCUT2D eigenvalue weighted by Gasteiger charge is 2.31. The van der Waals surface area contributed by atoms with Crippen LogP contribution in [-0.2, 0) is 16.1 Å². The van der Waals surface area contributed by atoms with E-state index in [1.807, 2.05) is 35.0 Å². The van der Waals surface area contributed by atoms with Gasteiger partial charge >= 0.3 is 0 Å². The Morgan fingerprint density at radius 3 is 2.62 bits per heavy atom. The van der Waals surface area contributed by atoms with E-state index in [1.54, 1.807) is 26.4 Å². The van der Waals surface area contributed by atoms with Crippen LogP contribution in [-0.4, -0.2) is 21.4 Å². The molecule has 7 heteroatoms. The van der Waals surface area contributed by atoms with E-state index in [9.17, 15) is 9.59 Å². The fraction of sp³-hybridized carbons (Fsp3) is 0.235. The molecule has 0 saturated carbocycles. The quantitative estimate of drug-likeness (QED) is 0.876. The van der Waals surface area contributed by atoms with Gasteiger partial charge in [0.05, 0.1) is 12.0 Å². The van der Waals surface area contributed by atoms with Crippen molar-refractivity contribution in [2.45, 2.75) is 20.4 Å². The first-order valence-corrected chi connectivity index (χ1v) is 7.54. The zero-order valence-electron chi connectivity index (χ0n) is 13.4.